The lowest BCUT2D eigenvalue weighted by Crippen LogP contribution is -2.09. The van der Waals surface area contributed by atoms with E-state index < -0.39 is 5.91 Å². The maximum absolute atomic E-state index is 11.2. The summed E-state index contributed by atoms with van der Waals surface area (Å²) < 4.78 is 5.26. The summed E-state index contributed by atoms with van der Waals surface area (Å²) in [7, 11) is 0. The molecule has 0 radical (unpaired) electrons. The molecule has 6 heteroatoms. The Bertz CT molecular complexity index is 671. The molecule has 0 saturated carbocycles. The van der Waals surface area contributed by atoms with Crippen LogP contribution in [-0.4, -0.2) is 16.0 Å². The lowest BCUT2D eigenvalue weighted by molar-refractivity contribution is 0.100. The summed E-state index contributed by atoms with van der Waals surface area (Å²) in [6.45, 7) is 5.82. The van der Waals surface area contributed by atoms with E-state index in [0.717, 1.165) is 41.3 Å². The van der Waals surface area contributed by atoms with Crippen LogP contribution >= 0.6 is 11.3 Å². The standard InChI is InChI=1S/C15H19N3O2S/c1-4-5-6-12-11(10(3)20-18-12)7-8-13-17-9(2)14(21-13)15(16)19/h7-8H,4-6H2,1-3H3,(H2,16,19)/b8-7+. The second-order valence-electron chi connectivity index (χ2n) is 4.87. The van der Waals surface area contributed by atoms with Gasteiger partial charge in [0.2, 0.25) is 0 Å². The number of nitrogens with two attached hydrogens (primary N) is 1. The normalized spacial score (nSPS) is 11.4. The van der Waals surface area contributed by atoms with Gasteiger partial charge >= 0.3 is 0 Å². The maximum Gasteiger partial charge on any atom is 0.260 e. The van der Waals surface area contributed by atoms with Crippen LogP contribution in [0.25, 0.3) is 12.2 Å². The van der Waals surface area contributed by atoms with Gasteiger partial charge in [0, 0.05) is 5.56 Å². The molecule has 0 saturated heterocycles. The van der Waals surface area contributed by atoms with Crippen molar-refractivity contribution in [1.82, 2.24) is 10.1 Å². The third-order valence-electron chi connectivity index (χ3n) is 3.18. The summed E-state index contributed by atoms with van der Waals surface area (Å²) in [5, 5.41) is 4.85. The molecule has 2 heterocycles. The number of aryl methyl sites for hydroxylation is 3. The lowest BCUT2D eigenvalue weighted by atomic mass is 10.1. The van der Waals surface area contributed by atoms with Crippen LogP contribution in [0, 0.1) is 13.8 Å². The highest BCUT2D eigenvalue weighted by Gasteiger charge is 2.12. The molecule has 1 amide bonds. The van der Waals surface area contributed by atoms with E-state index in [-0.39, 0.29) is 0 Å². The van der Waals surface area contributed by atoms with Gasteiger partial charge in [-0.1, -0.05) is 18.5 Å². The zero-order chi connectivity index (χ0) is 15.4. The van der Waals surface area contributed by atoms with Gasteiger partial charge < -0.3 is 10.3 Å². The van der Waals surface area contributed by atoms with Crippen molar-refractivity contribution in [3.63, 3.8) is 0 Å². The van der Waals surface area contributed by atoms with Crippen LogP contribution in [-0.2, 0) is 6.42 Å². The van der Waals surface area contributed by atoms with Crippen LogP contribution in [0.1, 0.15) is 57.2 Å². The predicted octanol–water partition coefficient (Wildman–Crippen LogP) is 3.36. The van der Waals surface area contributed by atoms with Crippen molar-refractivity contribution >= 4 is 29.4 Å². The maximum atomic E-state index is 11.2. The number of primary amides is 1. The number of hydrogen-bond donors (Lipinski definition) is 1. The summed E-state index contributed by atoms with van der Waals surface area (Å²) in [6, 6.07) is 0. The second-order valence-corrected chi connectivity index (χ2v) is 5.90. The highest BCUT2D eigenvalue weighted by atomic mass is 32.1. The number of rotatable bonds is 6. The molecule has 2 rings (SSSR count). The number of aromatic nitrogens is 2. The van der Waals surface area contributed by atoms with E-state index >= 15 is 0 Å². The van der Waals surface area contributed by atoms with E-state index in [2.05, 4.69) is 17.1 Å². The number of thiazole rings is 1. The zero-order valence-corrected chi connectivity index (χ0v) is 13.3. The Morgan fingerprint density at radius 1 is 1.38 bits per heavy atom. The first-order valence-electron chi connectivity index (χ1n) is 6.93. The minimum absolute atomic E-state index is 0.436. The summed E-state index contributed by atoms with van der Waals surface area (Å²) in [5.41, 5.74) is 7.94. The quantitative estimate of drug-likeness (QED) is 0.887. The van der Waals surface area contributed by atoms with Gasteiger partial charge in [-0.3, -0.25) is 4.79 Å². The van der Waals surface area contributed by atoms with Gasteiger partial charge in [-0.05, 0) is 38.8 Å². The van der Waals surface area contributed by atoms with E-state index in [1.165, 1.54) is 11.3 Å². The molecule has 0 fully saturated rings. The molecule has 0 atom stereocenters. The number of carbonyl (C=O) groups excluding carboxylic acids is 1. The van der Waals surface area contributed by atoms with Crippen LogP contribution in [0.5, 0.6) is 0 Å². The average molecular weight is 305 g/mol. The number of hydrogen-bond acceptors (Lipinski definition) is 5. The summed E-state index contributed by atoms with van der Waals surface area (Å²) in [6.07, 6.45) is 6.91. The molecular formula is C15H19N3O2S. The minimum Gasteiger partial charge on any atom is -0.365 e. The SMILES string of the molecule is CCCCc1noc(C)c1/C=C/c1nc(C)c(C(N)=O)s1. The topological polar surface area (TPSA) is 82.0 Å². The van der Waals surface area contributed by atoms with Crippen LogP contribution in [0.4, 0.5) is 0 Å². The number of amides is 1. The lowest BCUT2D eigenvalue weighted by Gasteiger charge is -1.95. The summed E-state index contributed by atoms with van der Waals surface area (Å²) in [5.74, 6) is 0.357. The fourth-order valence-corrected chi connectivity index (χ4v) is 2.86. The first-order valence-corrected chi connectivity index (χ1v) is 7.75. The molecule has 0 unspecified atom stereocenters. The highest BCUT2D eigenvalue weighted by molar-refractivity contribution is 7.14. The Balaban J connectivity index is 2.23. The van der Waals surface area contributed by atoms with E-state index in [4.69, 9.17) is 10.3 Å². The minimum atomic E-state index is -0.436. The Labute approximate surface area is 127 Å². The fraction of sp³-hybridized carbons (Fsp3) is 0.400. The highest BCUT2D eigenvalue weighted by Crippen LogP contribution is 2.22. The predicted molar refractivity (Wildman–Crippen MR) is 84.1 cm³/mol. The molecule has 2 aromatic rings. The number of unbranched alkanes of at least 4 members (excludes halogenated alkanes) is 1. The van der Waals surface area contributed by atoms with Crippen molar-refractivity contribution in [3.8, 4) is 0 Å². The van der Waals surface area contributed by atoms with E-state index in [9.17, 15) is 4.79 Å². The first kappa shape index (κ1) is 15.4. The molecule has 0 aliphatic heterocycles. The van der Waals surface area contributed by atoms with E-state index in [1.54, 1.807) is 6.92 Å². The van der Waals surface area contributed by atoms with E-state index in [0.29, 0.717) is 10.6 Å². The molecule has 2 N–H and O–H groups in total. The van der Waals surface area contributed by atoms with Crippen LogP contribution in [0.3, 0.4) is 0 Å². The Hall–Kier alpha value is -1.95. The molecule has 0 spiro atoms. The number of carbonyl (C=O) groups is 1. The molecular weight excluding hydrogens is 286 g/mol. The van der Waals surface area contributed by atoms with Gasteiger partial charge in [-0.15, -0.1) is 11.3 Å². The van der Waals surface area contributed by atoms with Gasteiger partial charge in [-0.25, -0.2) is 4.98 Å². The van der Waals surface area contributed by atoms with Crippen LogP contribution in [0.15, 0.2) is 4.52 Å². The molecule has 0 aliphatic rings. The zero-order valence-electron chi connectivity index (χ0n) is 12.5. The molecule has 2 aromatic heterocycles. The van der Waals surface area contributed by atoms with Gasteiger partial charge in [-0.2, -0.15) is 0 Å². The largest absolute Gasteiger partial charge is 0.365 e. The van der Waals surface area contributed by atoms with Crippen molar-refractivity contribution < 1.29 is 9.32 Å². The van der Waals surface area contributed by atoms with Crippen molar-refractivity contribution in [1.29, 1.82) is 0 Å². The van der Waals surface area contributed by atoms with Crippen LogP contribution in [0.2, 0.25) is 0 Å². The molecule has 5 nitrogen and oxygen atoms in total. The summed E-state index contributed by atoms with van der Waals surface area (Å²) >= 11 is 1.30. The second kappa shape index (κ2) is 6.67. The van der Waals surface area contributed by atoms with Crippen molar-refractivity contribution in [2.24, 2.45) is 5.73 Å². The average Bonchev–Trinajstić information content (AvgIpc) is 2.97. The molecule has 112 valence electrons. The van der Waals surface area contributed by atoms with E-state index in [1.807, 2.05) is 19.1 Å². The van der Waals surface area contributed by atoms with Gasteiger partial charge in [0.15, 0.2) is 0 Å². The van der Waals surface area contributed by atoms with Crippen LogP contribution < -0.4 is 5.73 Å². The Morgan fingerprint density at radius 3 is 2.76 bits per heavy atom. The third kappa shape index (κ3) is 3.58. The smallest absolute Gasteiger partial charge is 0.260 e. The van der Waals surface area contributed by atoms with Gasteiger partial charge in [0.05, 0.1) is 11.4 Å². The number of nitrogens with zero attached hydrogens (tertiary/aromatic N) is 2. The Kier molecular flexibility index (Phi) is 4.90. The fourth-order valence-electron chi connectivity index (χ4n) is 2.03. The monoisotopic (exact) mass is 305 g/mol. The van der Waals surface area contributed by atoms with Crippen molar-refractivity contribution in [3.05, 3.63) is 32.6 Å². The molecule has 21 heavy (non-hydrogen) atoms. The summed E-state index contributed by atoms with van der Waals surface area (Å²) in [4.78, 5) is 16.1. The van der Waals surface area contributed by atoms with Gasteiger partial charge in [0.25, 0.3) is 5.91 Å². The molecule has 0 aliphatic carbocycles. The Morgan fingerprint density at radius 2 is 2.14 bits per heavy atom. The molecule has 0 bridgehead atoms. The first-order chi connectivity index (χ1) is 10.0. The van der Waals surface area contributed by atoms with Crippen molar-refractivity contribution in [2.75, 3.05) is 0 Å². The molecule has 0 aromatic carbocycles. The van der Waals surface area contributed by atoms with Crippen molar-refractivity contribution in [2.45, 2.75) is 40.0 Å². The van der Waals surface area contributed by atoms with Gasteiger partial charge in [0.1, 0.15) is 15.6 Å². The third-order valence-corrected chi connectivity index (χ3v) is 4.32.